The molecule has 0 radical (unpaired) electrons. The molecule has 1 aliphatic heterocycles. The highest BCUT2D eigenvalue weighted by atomic mass is 16.5. The quantitative estimate of drug-likeness (QED) is 0.539. The highest BCUT2D eigenvalue weighted by molar-refractivity contribution is 6.11. The zero-order chi connectivity index (χ0) is 10.7. The molecule has 0 fully saturated rings. The number of ketones is 1. The normalized spacial score (nSPS) is 17.5. The van der Waals surface area contributed by atoms with Crippen LogP contribution in [0.5, 0.6) is 0 Å². The zero-order valence-corrected chi connectivity index (χ0v) is 7.84. The van der Waals surface area contributed by atoms with E-state index in [1.54, 1.807) is 0 Å². The van der Waals surface area contributed by atoms with Crippen LogP contribution in [0.1, 0.15) is 5.56 Å². The van der Waals surface area contributed by atoms with Gasteiger partial charge in [0.25, 0.3) is 0 Å². The Bertz CT molecular complexity index is 455. The molecule has 1 heterocycles. The van der Waals surface area contributed by atoms with E-state index in [2.05, 4.69) is 0 Å². The Morgan fingerprint density at radius 3 is 2.53 bits per heavy atom. The molecular formula is C12H8O3. The van der Waals surface area contributed by atoms with E-state index in [0.717, 1.165) is 11.6 Å². The summed E-state index contributed by atoms with van der Waals surface area (Å²) < 4.78 is 5.24. The van der Waals surface area contributed by atoms with Gasteiger partial charge in [-0.25, -0.2) is 0 Å². The highest BCUT2D eigenvalue weighted by Crippen LogP contribution is 2.25. The lowest BCUT2D eigenvalue weighted by molar-refractivity contribution is -0.113. The standard InChI is InChI=1S/C12H8O3/c13-7-6-11-10(14)8-12(15-11)9-4-2-1-3-5-9/h1-8H. The van der Waals surface area contributed by atoms with Crippen molar-refractivity contribution < 1.29 is 14.3 Å². The fraction of sp³-hybridized carbons (Fsp3) is 0. The van der Waals surface area contributed by atoms with Crippen LogP contribution >= 0.6 is 0 Å². The minimum absolute atomic E-state index is 0.0730. The summed E-state index contributed by atoms with van der Waals surface area (Å²) in [6, 6.07) is 9.26. The molecule has 15 heavy (non-hydrogen) atoms. The van der Waals surface area contributed by atoms with Gasteiger partial charge in [-0.15, -0.1) is 0 Å². The molecule has 0 saturated heterocycles. The second kappa shape index (κ2) is 3.92. The summed E-state index contributed by atoms with van der Waals surface area (Å²) in [4.78, 5) is 21.5. The third-order valence-electron chi connectivity index (χ3n) is 2.00. The monoisotopic (exact) mass is 200 g/mol. The largest absolute Gasteiger partial charge is 0.452 e. The second-order valence-corrected chi connectivity index (χ2v) is 3.01. The Labute approximate surface area is 86.7 Å². The molecular weight excluding hydrogens is 192 g/mol. The Morgan fingerprint density at radius 2 is 1.87 bits per heavy atom. The molecule has 3 nitrogen and oxygen atoms in total. The van der Waals surface area contributed by atoms with E-state index in [4.69, 9.17) is 4.74 Å². The fourth-order valence-corrected chi connectivity index (χ4v) is 1.31. The predicted octanol–water partition coefficient (Wildman–Crippen LogP) is 1.71. The Kier molecular flexibility index (Phi) is 2.46. The third-order valence-corrected chi connectivity index (χ3v) is 2.00. The number of benzene rings is 1. The first-order valence-electron chi connectivity index (χ1n) is 4.46. The molecule has 1 aromatic carbocycles. The predicted molar refractivity (Wildman–Crippen MR) is 54.7 cm³/mol. The van der Waals surface area contributed by atoms with E-state index >= 15 is 0 Å². The number of carbonyl (C=O) groups excluding carboxylic acids is 2. The molecule has 1 aliphatic rings. The van der Waals surface area contributed by atoms with Crippen LogP contribution in [0.2, 0.25) is 0 Å². The molecule has 74 valence electrons. The third kappa shape index (κ3) is 1.86. The van der Waals surface area contributed by atoms with E-state index < -0.39 is 0 Å². The number of aldehydes is 1. The van der Waals surface area contributed by atoms with E-state index in [9.17, 15) is 9.59 Å². The summed E-state index contributed by atoms with van der Waals surface area (Å²) >= 11 is 0. The summed E-state index contributed by atoms with van der Waals surface area (Å²) in [5.41, 5.74) is 0.820. The van der Waals surface area contributed by atoms with Crippen molar-refractivity contribution in [3.8, 4) is 0 Å². The minimum atomic E-state index is -0.277. The van der Waals surface area contributed by atoms with Gasteiger partial charge in [-0.3, -0.25) is 9.59 Å². The summed E-state index contributed by atoms with van der Waals surface area (Å²) in [5.74, 6) is 0.276. The molecule has 0 spiro atoms. The van der Waals surface area contributed by atoms with Gasteiger partial charge in [0, 0.05) is 17.7 Å². The van der Waals surface area contributed by atoms with Gasteiger partial charge in [-0.05, 0) is 0 Å². The topological polar surface area (TPSA) is 43.4 Å². The van der Waals surface area contributed by atoms with Gasteiger partial charge in [0.05, 0.1) is 0 Å². The van der Waals surface area contributed by atoms with Crippen molar-refractivity contribution in [3.63, 3.8) is 0 Å². The number of ether oxygens (including phenoxy) is 1. The SMILES string of the molecule is O=CC=C1OC(c2ccccc2)=CC1=O. The molecule has 0 aromatic heterocycles. The smallest absolute Gasteiger partial charge is 0.224 e. The van der Waals surface area contributed by atoms with E-state index in [0.29, 0.717) is 12.0 Å². The molecule has 0 unspecified atom stereocenters. The van der Waals surface area contributed by atoms with Gasteiger partial charge < -0.3 is 4.74 Å². The summed E-state index contributed by atoms with van der Waals surface area (Å²) in [6.45, 7) is 0. The maximum atomic E-state index is 11.3. The number of hydrogen-bond acceptors (Lipinski definition) is 3. The average molecular weight is 200 g/mol. The fourth-order valence-electron chi connectivity index (χ4n) is 1.31. The molecule has 0 bridgehead atoms. The second-order valence-electron chi connectivity index (χ2n) is 3.01. The molecule has 0 saturated carbocycles. The van der Waals surface area contributed by atoms with Gasteiger partial charge in [0.2, 0.25) is 5.78 Å². The van der Waals surface area contributed by atoms with Gasteiger partial charge in [-0.2, -0.15) is 0 Å². The van der Waals surface area contributed by atoms with Gasteiger partial charge in [0.15, 0.2) is 5.76 Å². The van der Waals surface area contributed by atoms with Crippen molar-refractivity contribution in [3.05, 3.63) is 53.8 Å². The van der Waals surface area contributed by atoms with Crippen LogP contribution in [0.3, 0.4) is 0 Å². The number of rotatable bonds is 2. The summed E-state index contributed by atoms with van der Waals surface area (Å²) in [6.07, 6.45) is 3.04. The van der Waals surface area contributed by atoms with Crippen molar-refractivity contribution >= 4 is 17.8 Å². The number of allylic oxidation sites excluding steroid dienone is 2. The van der Waals surface area contributed by atoms with Crippen LogP contribution in [0.15, 0.2) is 48.2 Å². The van der Waals surface area contributed by atoms with Crippen LogP contribution in [0.25, 0.3) is 5.76 Å². The number of carbonyl (C=O) groups is 2. The van der Waals surface area contributed by atoms with E-state index in [1.165, 1.54) is 6.08 Å². The Hall–Kier alpha value is -2.16. The molecule has 2 rings (SSSR count). The van der Waals surface area contributed by atoms with Crippen molar-refractivity contribution in [2.45, 2.75) is 0 Å². The van der Waals surface area contributed by atoms with E-state index in [1.807, 2.05) is 30.3 Å². The summed E-state index contributed by atoms with van der Waals surface area (Å²) in [5, 5.41) is 0. The van der Waals surface area contributed by atoms with Crippen LogP contribution in [-0.2, 0) is 14.3 Å². The van der Waals surface area contributed by atoms with Crippen LogP contribution in [0, 0.1) is 0 Å². The van der Waals surface area contributed by atoms with Crippen molar-refractivity contribution in [1.29, 1.82) is 0 Å². The van der Waals surface area contributed by atoms with Crippen molar-refractivity contribution in [2.24, 2.45) is 0 Å². The lowest BCUT2D eigenvalue weighted by Gasteiger charge is -2.02. The first-order chi connectivity index (χ1) is 7.31. The average Bonchev–Trinajstić information content (AvgIpc) is 2.63. The van der Waals surface area contributed by atoms with E-state index in [-0.39, 0.29) is 11.5 Å². The van der Waals surface area contributed by atoms with Gasteiger partial charge >= 0.3 is 0 Å². The van der Waals surface area contributed by atoms with Crippen LogP contribution < -0.4 is 0 Å². The molecule has 1 aromatic rings. The van der Waals surface area contributed by atoms with Crippen LogP contribution in [0.4, 0.5) is 0 Å². The van der Waals surface area contributed by atoms with Gasteiger partial charge in [-0.1, -0.05) is 30.3 Å². The molecule has 0 amide bonds. The minimum Gasteiger partial charge on any atom is -0.452 e. The molecule has 0 N–H and O–H groups in total. The Balaban J connectivity index is 2.29. The molecule has 3 heteroatoms. The van der Waals surface area contributed by atoms with Crippen molar-refractivity contribution in [2.75, 3.05) is 0 Å². The summed E-state index contributed by atoms with van der Waals surface area (Å²) in [7, 11) is 0. The first kappa shape index (κ1) is 9.40. The zero-order valence-electron chi connectivity index (χ0n) is 7.84. The molecule has 0 atom stereocenters. The lowest BCUT2D eigenvalue weighted by atomic mass is 10.2. The van der Waals surface area contributed by atoms with Crippen LogP contribution in [-0.4, -0.2) is 12.1 Å². The lowest BCUT2D eigenvalue weighted by Crippen LogP contribution is -1.93. The Morgan fingerprint density at radius 1 is 1.13 bits per heavy atom. The van der Waals surface area contributed by atoms with Crippen molar-refractivity contribution in [1.82, 2.24) is 0 Å². The molecule has 0 aliphatic carbocycles. The highest BCUT2D eigenvalue weighted by Gasteiger charge is 2.20. The number of hydrogen-bond donors (Lipinski definition) is 0. The maximum Gasteiger partial charge on any atom is 0.224 e. The first-order valence-corrected chi connectivity index (χ1v) is 4.46. The maximum absolute atomic E-state index is 11.3. The van der Waals surface area contributed by atoms with Gasteiger partial charge in [0.1, 0.15) is 12.0 Å².